The molecule has 0 aliphatic carbocycles. The molecule has 0 saturated carbocycles. The van der Waals surface area contributed by atoms with Crippen LogP contribution in [-0.4, -0.2) is 0 Å². The van der Waals surface area contributed by atoms with Crippen LogP contribution in [0, 0.1) is 0 Å². The molecule has 1 heterocycles. The molecule has 0 bridgehead atoms. The Morgan fingerprint density at radius 3 is 2.29 bits per heavy atom. The minimum absolute atomic E-state index is 0.699. The summed E-state index contributed by atoms with van der Waals surface area (Å²) in [6.45, 7) is 10.8. The van der Waals surface area contributed by atoms with E-state index in [4.69, 9.17) is 0 Å². The molecule has 0 unspecified atom stereocenters. The van der Waals surface area contributed by atoms with Crippen molar-refractivity contribution in [3.8, 4) is 0 Å². The van der Waals surface area contributed by atoms with E-state index in [9.17, 15) is 0 Å². The second-order valence-corrected chi connectivity index (χ2v) is 4.76. The second kappa shape index (κ2) is 8.05. The standard InChI is InChI=1S/C11H18S.C2H6/c1-4-5-6-10-7-8-11(12-10)9(2)3;1-2/h7-9H,4-6H2,1-3H3;1-2H3. The zero-order valence-corrected chi connectivity index (χ0v) is 11.1. The second-order valence-electron chi connectivity index (χ2n) is 3.56. The summed E-state index contributed by atoms with van der Waals surface area (Å²) in [5.41, 5.74) is 0. The third kappa shape index (κ3) is 4.80. The molecule has 0 aromatic carbocycles. The molecule has 0 aliphatic heterocycles. The van der Waals surface area contributed by atoms with Gasteiger partial charge in [-0.25, -0.2) is 0 Å². The summed E-state index contributed by atoms with van der Waals surface area (Å²) in [5, 5.41) is 0. The highest BCUT2D eigenvalue weighted by Gasteiger charge is 2.02. The van der Waals surface area contributed by atoms with Crippen molar-refractivity contribution in [2.75, 3.05) is 0 Å². The average molecular weight is 212 g/mol. The van der Waals surface area contributed by atoms with Gasteiger partial charge in [0.1, 0.15) is 0 Å². The van der Waals surface area contributed by atoms with E-state index in [2.05, 4.69) is 32.9 Å². The molecule has 0 spiro atoms. The molecule has 0 atom stereocenters. The maximum Gasteiger partial charge on any atom is 0.00736 e. The fraction of sp³-hybridized carbons (Fsp3) is 0.692. The summed E-state index contributed by atoms with van der Waals surface area (Å²) in [5.74, 6) is 0.699. The van der Waals surface area contributed by atoms with Crippen LogP contribution in [0.2, 0.25) is 0 Å². The Kier molecular flexibility index (Phi) is 7.87. The summed E-state index contributed by atoms with van der Waals surface area (Å²) in [4.78, 5) is 3.08. The van der Waals surface area contributed by atoms with Crippen molar-refractivity contribution in [3.63, 3.8) is 0 Å². The molecular weight excluding hydrogens is 188 g/mol. The SMILES string of the molecule is CC.CCCCc1ccc(C(C)C)s1. The van der Waals surface area contributed by atoms with Crippen molar-refractivity contribution in [3.05, 3.63) is 21.9 Å². The van der Waals surface area contributed by atoms with E-state index in [0.29, 0.717) is 5.92 Å². The van der Waals surface area contributed by atoms with E-state index in [-0.39, 0.29) is 0 Å². The van der Waals surface area contributed by atoms with Gasteiger partial charge in [0, 0.05) is 9.75 Å². The van der Waals surface area contributed by atoms with Crippen LogP contribution >= 0.6 is 11.3 Å². The average Bonchev–Trinajstić information content (AvgIpc) is 2.66. The molecule has 1 rings (SSSR count). The lowest BCUT2D eigenvalue weighted by atomic mass is 10.2. The fourth-order valence-corrected chi connectivity index (χ4v) is 2.25. The lowest BCUT2D eigenvalue weighted by molar-refractivity contribution is 0.804. The zero-order valence-electron chi connectivity index (χ0n) is 10.3. The highest BCUT2D eigenvalue weighted by Crippen LogP contribution is 2.25. The van der Waals surface area contributed by atoms with Gasteiger partial charge in [-0.15, -0.1) is 11.3 Å². The Morgan fingerprint density at radius 2 is 1.86 bits per heavy atom. The van der Waals surface area contributed by atoms with Gasteiger partial charge in [0.05, 0.1) is 0 Å². The monoisotopic (exact) mass is 212 g/mol. The molecule has 0 fully saturated rings. The van der Waals surface area contributed by atoms with Gasteiger partial charge in [-0.2, -0.15) is 0 Å². The molecule has 82 valence electrons. The van der Waals surface area contributed by atoms with E-state index in [1.54, 1.807) is 4.88 Å². The highest BCUT2D eigenvalue weighted by molar-refractivity contribution is 7.12. The van der Waals surface area contributed by atoms with Gasteiger partial charge >= 0.3 is 0 Å². The highest BCUT2D eigenvalue weighted by atomic mass is 32.1. The first-order valence-corrected chi connectivity index (χ1v) is 6.64. The minimum Gasteiger partial charge on any atom is -0.145 e. The third-order valence-electron chi connectivity index (χ3n) is 2.03. The lowest BCUT2D eigenvalue weighted by Gasteiger charge is -1.97. The molecule has 1 aromatic heterocycles. The van der Waals surface area contributed by atoms with Gasteiger partial charge in [-0.1, -0.05) is 41.0 Å². The Hall–Kier alpha value is -0.300. The summed E-state index contributed by atoms with van der Waals surface area (Å²) < 4.78 is 0. The van der Waals surface area contributed by atoms with Crippen LogP contribution in [0.25, 0.3) is 0 Å². The lowest BCUT2D eigenvalue weighted by Crippen LogP contribution is -1.78. The summed E-state index contributed by atoms with van der Waals surface area (Å²) in [7, 11) is 0. The predicted octanol–water partition coefficient (Wildman–Crippen LogP) is 5.24. The smallest absolute Gasteiger partial charge is 0.00736 e. The van der Waals surface area contributed by atoms with Crippen molar-refractivity contribution >= 4 is 11.3 Å². The van der Waals surface area contributed by atoms with E-state index < -0.39 is 0 Å². The summed E-state index contributed by atoms with van der Waals surface area (Å²) in [6, 6.07) is 4.57. The Balaban J connectivity index is 0.000000791. The van der Waals surface area contributed by atoms with E-state index in [1.165, 1.54) is 24.1 Å². The molecule has 1 aromatic rings. The van der Waals surface area contributed by atoms with E-state index in [1.807, 2.05) is 25.2 Å². The number of thiophene rings is 1. The molecule has 14 heavy (non-hydrogen) atoms. The first kappa shape index (κ1) is 13.7. The van der Waals surface area contributed by atoms with Gasteiger partial charge in [0.15, 0.2) is 0 Å². The molecule has 0 radical (unpaired) electrons. The molecule has 1 heteroatoms. The summed E-state index contributed by atoms with van der Waals surface area (Å²) in [6.07, 6.45) is 3.90. The number of rotatable bonds is 4. The van der Waals surface area contributed by atoms with Crippen LogP contribution in [0.3, 0.4) is 0 Å². The Bertz CT molecular complexity index is 223. The number of aryl methyl sites for hydroxylation is 1. The zero-order chi connectivity index (χ0) is 11.0. The van der Waals surface area contributed by atoms with Gasteiger partial charge in [0.2, 0.25) is 0 Å². The fourth-order valence-electron chi connectivity index (χ4n) is 1.19. The van der Waals surface area contributed by atoms with Crippen molar-refractivity contribution in [2.45, 2.75) is 59.8 Å². The third-order valence-corrected chi connectivity index (χ3v) is 3.47. The molecule has 0 amide bonds. The van der Waals surface area contributed by atoms with Gasteiger partial charge in [0.25, 0.3) is 0 Å². The van der Waals surface area contributed by atoms with Crippen molar-refractivity contribution in [2.24, 2.45) is 0 Å². The van der Waals surface area contributed by atoms with Gasteiger partial charge in [-0.05, 0) is 30.9 Å². The van der Waals surface area contributed by atoms with E-state index >= 15 is 0 Å². The maximum atomic E-state index is 2.29. The van der Waals surface area contributed by atoms with Crippen LogP contribution in [0.1, 0.15) is 63.1 Å². The molecule has 0 N–H and O–H groups in total. The van der Waals surface area contributed by atoms with Crippen molar-refractivity contribution in [1.82, 2.24) is 0 Å². The molecular formula is C13H24S. The number of unbranched alkanes of at least 4 members (excludes halogenated alkanes) is 1. The van der Waals surface area contributed by atoms with E-state index in [0.717, 1.165) is 0 Å². The van der Waals surface area contributed by atoms with Crippen molar-refractivity contribution < 1.29 is 0 Å². The molecule has 0 saturated heterocycles. The number of hydrogen-bond acceptors (Lipinski definition) is 1. The van der Waals surface area contributed by atoms with Crippen LogP contribution in [-0.2, 0) is 6.42 Å². The minimum atomic E-state index is 0.699. The van der Waals surface area contributed by atoms with Crippen LogP contribution < -0.4 is 0 Å². The van der Waals surface area contributed by atoms with Crippen LogP contribution in [0.5, 0.6) is 0 Å². The maximum absolute atomic E-state index is 2.29. The largest absolute Gasteiger partial charge is 0.145 e. The van der Waals surface area contributed by atoms with Crippen LogP contribution in [0.15, 0.2) is 12.1 Å². The first-order valence-electron chi connectivity index (χ1n) is 5.82. The predicted molar refractivity (Wildman–Crippen MR) is 68.4 cm³/mol. The normalized spacial score (nSPS) is 9.86. The Morgan fingerprint density at radius 1 is 1.21 bits per heavy atom. The topological polar surface area (TPSA) is 0 Å². The Labute approximate surface area is 93.4 Å². The quantitative estimate of drug-likeness (QED) is 0.640. The van der Waals surface area contributed by atoms with Gasteiger partial charge in [-0.3, -0.25) is 0 Å². The van der Waals surface area contributed by atoms with Gasteiger partial charge < -0.3 is 0 Å². The first-order chi connectivity index (χ1) is 6.74. The van der Waals surface area contributed by atoms with Crippen LogP contribution in [0.4, 0.5) is 0 Å². The number of hydrogen-bond donors (Lipinski definition) is 0. The molecule has 0 nitrogen and oxygen atoms in total. The van der Waals surface area contributed by atoms with Crippen molar-refractivity contribution in [1.29, 1.82) is 0 Å². The molecule has 0 aliphatic rings. The summed E-state index contributed by atoms with van der Waals surface area (Å²) >= 11 is 1.98.